The fourth-order valence-corrected chi connectivity index (χ4v) is 7.00. The molecule has 1 fully saturated rings. The van der Waals surface area contributed by atoms with Gasteiger partial charge in [-0.1, -0.05) is 73.8 Å². The number of nitrogens with zero attached hydrogens (tertiary/aromatic N) is 2. The molecule has 0 aliphatic heterocycles. The molecule has 1 atom stereocenters. The number of nitrogens with one attached hydrogen (secondary N) is 1. The van der Waals surface area contributed by atoms with Crippen molar-refractivity contribution in [3.63, 3.8) is 0 Å². The normalized spacial score (nSPS) is 14.3. The SMILES string of the molecule is CCC(C(=O)NC1CCCC1)N(Cc1ccccc1C)C(=O)CN(c1ccc(OC)c(Cl)c1)S(=O)(=O)c1ccccc1. The number of amides is 2. The van der Waals surface area contributed by atoms with Gasteiger partial charge in [-0.3, -0.25) is 13.9 Å². The second kappa shape index (κ2) is 14.1. The predicted octanol–water partition coefficient (Wildman–Crippen LogP) is 5.72. The van der Waals surface area contributed by atoms with Crippen LogP contribution in [0.4, 0.5) is 5.69 Å². The summed E-state index contributed by atoms with van der Waals surface area (Å²) in [4.78, 5) is 29.4. The lowest BCUT2D eigenvalue weighted by atomic mass is 10.1. The summed E-state index contributed by atoms with van der Waals surface area (Å²) in [5.74, 6) is -0.353. The van der Waals surface area contributed by atoms with Crippen molar-refractivity contribution in [1.29, 1.82) is 0 Å². The number of rotatable bonds is 12. The Bertz CT molecular complexity index is 1490. The highest BCUT2D eigenvalue weighted by Gasteiger charge is 2.35. The zero-order valence-electron chi connectivity index (χ0n) is 24.3. The molecule has 1 aliphatic carbocycles. The van der Waals surface area contributed by atoms with Crippen LogP contribution in [-0.4, -0.2) is 50.9 Å². The van der Waals surface area contributed by atoms with E-state index in [0.717, 1.165) is 41.1 Å². The Morgan fingerprint density at radius 2 is 1.69 bits per heavy atom. The summed E-state index contributed by atoms with van der Waals surface area (Å²) in [7, 11) is -2.72. The van der Waals surface area contributed by atoms with Crippen LogP contribution < -0.4 is 14.4 Å². The Hall–Kier alpha value is -3.56. The number of anilines is 1. The highest BCUT2D eigenvalue weighted by Crippen LogP contribution is 2.32. The number of carbonyl (C=O) groups excluding carboxylic acids is 2. The number of aryl methyl sites for hydroxylation is 1. The summed E-state index contributed by atoms with van der Waals surface area (Å²) in [6.45, 7) is 3.44. The monoisotopic (exact) mass is 611 g/mol. The molecule has 0 saturated heterocycles. The third kappa shape index (κ3) is 7.25. The third-order valence-electron chi connectivity index (χ3n) is 7.72. The predicted molar refractivity (Wildman–Crippen MR) is 165 cm³/mol. The van der Waals surface area contributed by atoms with Gasteiger partial charge in [0.25, 0.3) is 10.0 Å². The summed E-state index contributed by atoms with van der Waals surface area (Å²) in [6, 6.07) is 19.5. The van der Waals surface area contributed by atoms with Gasteiger partial charge in [-0.25, -0.2) is 8.42 Å². The Kier molecular flexibility index (Phi) is 10.5. The van der Waals surface area contributed by atoms with Crippen molar-refractivity contribution in [3.05, 3.63) is 88.9 Å². The zero-order valence-corrected chi connectivity index (χ0v) is 25.8. The van der Waals surface area contributed by atoms with Crippen molar-refractivity contribution in [2.24, 2.45) is 0 Å². The van der Waals surface area contributed by atoms with Gasteiger partial charge in [0.15, 0.2) is 0 Å². The fraction of sp³-hybridized carbons (Fsp3) is 0.375. The molecule has 0 radical (unpaired) electrons. The maximum Gasteiger partial charge on any atom is 0.264 e. The van der Waals surface area contributed by atoms with Crippen LogP contribution in [0.15, 0.2) is 77.7 Å². The molecule has 0 heterocycles. The first-order valence-corrected chi connectivity index (χ1v) is 16.0. The van der Waals surface area contributed by atoms with Crippen molar-refractivity contribution in [2.75, 3.05) is 18.0 Å². The molecular formula is C32H38ClN3O5S. The van der Waals surface area contributed by atoms with Crippen molar-refractivity contribution >= 4 is 39.1 Å². The third-order valence-corrected chi connectivity index (χ3v) is 9.81. The van der Waals surface area contributed by atoms with E-state index in [4.69, 9.17) is 16.3 Å². The van der Waals surface area contributed by atoms with E-state index in [1.54, 1.807) is 30.3 Å². The minimum absolute atomic E-state index is 0.0289. The van der Waals surface area contributed by atoms with Crippen LogP contribution in [0.25, 0.3) is 0 Å². The molecule has 1 unspecified atom stereocenters. The number of ether oxygens (including phenoxy) is 1. The van der Waals surface area contributed by atoms with Gasteiger partial charge in [0.05, 0.1) is 22.7 Å². The number of hydrogen-bond donors (Lipinski definition) is 1. The molecule has 0 spiro atoms. The Morgan fingerprint density at radius 1 is 1.02 bits per heavy atom. The average molecular weight is 612 g/mol. The Labute approximate surface area is 253 Å². The molecule has 42 heavy (non-hydrogen) atoms. The number of halogens is 1. The molecule has 2 amide bonds. The van der Waals surface area contributed by atoms with Gasteiger partial charge in [-0.2, -0.15) is 0 Å². The van der Waals surface area contributed by atoms with E-state index < -0.39 is 28.5 Å². The largest absolute Gasteiger partial charge is 0.495 e. The van der Waals surface area contributed by atoms with E-state index in [-0.39, 0.29) is 34.1 Å². The van der Waals surface area contributed by atoms with E-state index in [2.05, 4.69) is 5.32 Å². The zero-order chi connectivity index (χ0) is 30.3. The van der Waals surface area contributed by atoms with Crippen LogP contribution in [0.1, 0.15) is 50.2 Å². The topological polar surface area (TPSA) is 96.0 Å². The maximum atomic E-state index is 14.3. The summed E-state index contributed by atoms with van der Waals surface area (Å²) in [6.07, 6.45) is 4.31. The molecule has 1 N–H and O–H groups in total. The maximum absolute atomic E-state index is 14.3. The highest BCUT2D eigenvalue weighted by atomic mass is 35.5. The molecule has 1 saturated carbocycles. The molecular weight excluding hydrogens is 574 g/mol. The van der Waals surface area contributed by atoms with Crippen LogP contribution in [0.3, 0.4) is 0 Å². The van der Waals surface area contributed by atoms with Gasteiger partial charge in [-0.15, -0.1) is 0 Å². The number of benzene rings is 3. The first-order valence-electron chi connectivity index (χ1n) is 14.2. The second-order valence-electron chi connectivity index (χ2n) is 10.5. The van der Waals surface area contributed by atoms with E-state index >= 15 is 0 Å². The quantitative estimate of drug-likeness (QED) is 0.283. The molecule has 224 valence electrons. The van der Waals surface area contributed by atoms with Crippen LogP contribution in [0.5, 0.6) is 5.75 Å². The fourth-order valence-electron chi connectivity index (χ4n) is 5.32. The van der Waals surface area contributed by atoms with Gasteiger partial charge in [0, 0.05) is 12.6 Å². The summed E-state index contributed by atoms with van der Waals surface area (Å²) >= 11 is 6.39. The van der Waals surface area contributed by atoms with Crippen LogP contribution in [0.2, 0.25) is 5.02 Å². The smallest absolute Gasteiger partial charge is 0.264 e. The first kappa shape index (κ1) is 31.4. The van der Waals surface area contributed by atoms with E-state index in [0.29, 0.717) is 12.2 Å². The van der Waals surface area contributed by atoms with Crippen molar-refractivity contribution in [1.82, 2.24) is 10.2 Å². The number of carbonyl (C=O) groups is 2. The molecule has 1 aliphatic rings. The summed E-state index contributed by atoms with van der Waals surface area (Å²) in [5, 5.41) is 3.33. The number of sulfonamides is 1. The van der Waals surface area contributed by atoms with Gasteiger partial charge >= 0.3 is 0 Å². The average Bonchev–Trinajstić information content (AvgIpc) is 3.50. The Morgan fingerprint density at radius 3 is 2.31 bits per heavy atom. The lowest BCUT2D eigenvalue weighted by molar-refractivity contribution is -0.140. The van der Waals surface area contributed by atoms with Crippen LogP contribution in [0, 0.1) is 6.92 Å². The Balaban J connectivity index is 1.74. The molecule has 4 rings (SSSR count). The summed E-state index contributed by atoms with van der Waals surface area (Å²) in [5.41, 5.74) is 2.05. The molecule has 10 heteroatoms. The highest BCUT2D eigenvalue weighted by molar-refractivity contribution is 7.92. The lowest BCUT2D eigenvalue weighted by Crippen LogP contribution is -2.53. The van der Waals surface area contributed by atoms with Crippen molar-refractivity contribution in [3.8, 4) is 5.75 Å². The van der Waals surface area contributed by atoms with E-state index in [9.17, 15) is 18.0 Å². The van der Waals surface area contributed by atoms with Crippen molar-refractivity contribution < 1.29 is 22.7 Å². The van der Waals surface area contributed by atoms with Crippen molar-refractivity contribution in [2.45, 2.75) is 69.5 Å². The van der Waals surface area contributed by atoms with Crippen LogP contribution in [-0.2, 0) is 26.2 Å². The molecule has 8 nitrogen and oxygen atoms in total. The molecule has 3 aromatic rings. The summed E-state index contributed by atoms with van der Waals surface area (Å²) < 4.78 is 34.2. The van der Waals surface area contributed by atoms with Gasteiger partial charge in [-0.05, 0) is 67.6 Å². The minimum Gasteiger partial charge on any atom is -0.495 e. The van der Waals surface area contributed by atoms with Gasteiger partial charge in [0.2, 0.25) is 11.8 Å². The van der Waals surface area contributed by atoms with Gasteiger partial charge in [0.1, 0.15) is 18.3 Å². The molecule has 3 aromatic carbocycles. The minimum atomic E-state index is -4.19. The number of methoxy groups -OCH3 is 1. The standard InChI is InChI=1S/C32H38ClN3O5S/c1-4-29(32(38)34-25-14-10-11-15-25)35(21-24-13-9-8-12-23(24)2)31(37)22-36(26-18-19-30(41-3)28(33)20-26)42(39,40)27-16-6-5-7-17-27/h5-9,12-13,16-20,25,29H,4,10-11,14-15,21-22H2,1-3H3,(H,34,38). The van der Waals surface area contributed by atoms with E-state index in [1.807, 2.05) is 38.1 Å². The first-order chi connectivity index (χ1) is 20.1. The van der Waals surface area contributed by atoms with E-state index in [1.165, 1.54) is 30.2 Å². The molecule has 0 bridgehead atoms. The molecule has 0 aromatic heterocycles. The van der Waals surface area contributed by atoms with Crippen LogP contribution >= 0.6 is 11.6 Å². The number of hydrogen-bond acceptors (Lipinski definition) is 5. The lowest BCUT2D eigenvalue weighted by Gasteiger charge is -2.34. The van der Waals surface area contributed by atoms with Gasteiger partial charge < -0.3 is 15.0 Å². The second-order valence-corrected chi connectivity index (χ2v) is 12.8.